The van der Waals surface area contributed by atoms with Gasteiger partial charge in [0.2, 0.25) is 5.79 Å². The minimum Gasteiger partial charge on any atom is -0.432 e. The Kier molecular flexibility index (Phi) is 12.2. The highest BCUT2D eigenvalue weighted by atomic mass is 16.7. The number of cyclic esters (lactones) is 1. The van der Waals surface area contributed by atoms with Crippen LogP contribution in [-0.2, 0) is 9.53 Å². The fourth-order valence-corrected chi connectivity index (χ4v) is 3.88. The molecule has 3 unspecified atom stereocenters. The Morgan fingerprint density at radius 3 is 1.92 bits per heavy atom. The predicted molar refractivity (Wildman–Crippen MR) is 106 cm³/mol. The molecule has 1 aliphatic rings. The number of ether oxygens (including phenoxy) is 1. The summed E-state index contributed by atoms with van der Waals surface area (Å²) < 4.78 is 5.02. The largest absolute Gasteiger partial charge is 0.432 e. The van der Waals surface area contributed by atoms with Crippen molar-refractivity contribution >= 4 is 5.97 Å². The number of aliphatic hydroxyl groups is 2. The van der Waals surface area contributed by atoms with Crippen molar-refractivity contribution in [3.63, 3.8) is 0 Å². The van der Waals surface area contributed by atoms with Gasteiger partial charge in [0.25, 0.3) is 0 Å². The molecule has 154 valence electrons. The zero-order valence-electron chi connectivity index (χ0n) is 17.2. The van der Waals surface area contributed by atoms with E-state index < -0.39 is 17.8 Å². The molecule has 0 radical (unpaired) electrons. The van der Waals surface area contributed by atoms with Gasteiger partial charge in [-0.05, 0) is 12.8 Å². The summed E-state index contributed by atoms with van der Waals surface area (Å²) in [5.74, 6) is -2.18. The number of aliphatic hydroxyl groups excluding tert-OH is 1. The maximum atomic E-state index is 11.7. The lowest BCUT2D eigenvalue weighted by Gasteiger charge is -2.44. The molecule has 3 atom stereocenters. The third-order valence-corrected chi connectivity index (χ3v) is 5.62. The Balaban J connectivity index is 2.09. The molecular formula is C22H42O4. The minimum atomic E-state index is -1.43. The maximum absolute atomic E-state index is 11.7. The third-order valence-electron chi connectivity index (χ3n) is 5.62. The molecule has 4 heteroatoms. The normalized spacial score (nSPS) is 23.5. The van der Waals surface area contributed by atoms with Crippen LogP contribution in [0.1, 0.15) is 117 Å². The average Bonchev–Trinajstić information content (AvgIpc) is 2.59. The number of unbranched alkanes of at least 4 members (excludes halogenated alkanes) is 11. The number of carbonyl (C=O) groups excluding carboxylic acids is 1. The molecule has 4 nitrogen and oxygen atoms in total. The summed E-state index contributed by atoms with van der Waals surface area (Å²) in [5, 5.41) is 20.7. The summed E-state index contributed by atoms with van der Waals surface area (Å²) >= 11 is 0. The Labute approximate surface area is 160 Å². The van der Waals surface area contributed by atoms with Crippen molar-refractivity contribution in [2.24, 2.45) is 5.92 Å². The second-order valence-corrected chi connectivity index (χ2v) is 8.14. The summed E-state index contributed by atoms with van der Waals surface area (Å²) in [5.41, 5.74) is 0. The van der Waals surface area contributed by atoms with E-state index >= 15 is 0 Å². The van der Waals surface area contributed by atoms with E-state index in [0.717, 1.165) is 38.5 Å². The fraction of sp³-hybridized carbons (Fsp3) is 0.955. The van der Waals surface area contributed by atoms with E-state index in [0.29, 0.717) is 12.8 Å². The first-order valence-electron chi connectivity index (χ1n) is 11.2. The minimum absolute atomic E-state index is 0.161. The molecule has 1 fully saturated rings. The van der Waals surface area contributed by atoms with Crippen molar-refractivity contribution in [3.8, 4) is 0 Å². The zero-order chi connectivity index (χ0) is 19.3. The number of hydrogen-bond acceptors (Lipinski definition) is 4. The smallest absolute Gasteiger partial charge is 0.318 e. The Morgan fingerprint density at radius 2 is 1.38 bits per heavy atom. The molecule has 0 spiro atoms. The molecule has 1 aliphatic heterocycles. The van der Waals surface area contributed by atoms with Crippen molar-refractivity contribution < 1.29 is 19.7 Å². The molecule has 26 heavy (non-hydrogen) atoms. The topological polar surface area (TPSA) is 66.8 Å². The first kappa shape index (κ1) is 23.4. The van der Waals surface area contributed by atoms with Crippen LogP contribution in [0.4, 0.5) is 0 Å². The lowest BCUT2D eigenvalue weighted by Crippen LogP contribution is -2.58. The van der Waals surface area contributed by atoms with Gasteiger partial charge in [-0.3, -0.25) is 4.79 Å². The Morgan fingerprint density at radius 1 is 0.885 bits per heavy atom. The SMILES string of the molecule is CCCCCCCCCCCC(O)CC1(O)OC(=O)C1CCCCCC. The monoisotopic (exact) mass is 370 g/mol. The van der Waals surface area contributed by atoms with E-state index in [1.54, 1.807) is 0 Å². The summed E-state index contributed by atoms with van der Waals surface area (Å²) in [4.78, 5) is 11.7. The van der Waals surface area contributed by atoms with E-state index in [-0.39, 0.29) is 12.4 Å². The van der Waals surface area contributed by atoms with E-state index in [1.165, 1.54) is 44.9 Å². The summed E-state index contributed by atoms with van der Waals surface area (Å²) in [6.07, 6.45) is 16.5. The van der Waals surface area contributed by atoms with E-state index in [4.69, 9.17) is 4.74 Å². The standard InChI is InChI=1S/C22H42O4/c1-3-5-7-9-10-11-12-13-14-16-19(23)18-22(25)20(21(24)26-22)17-15-8-6-4-2/h19-20,23,25H,3-18H2,1-2H3. The van der Waals surface area contributed by atoms with Gasteiger partial charge in [-0.1, -0.05) is 97.3 Å². The summed E-state index contributed by atoms with van der Waals surface area (Å²) in [6.45, 7) is 4.39. The number of rotatable bonds is 17. The van der Waals surface area contributed by atoms with E-state index in [1.807, 2.05) is 0 Å². The lowest BCUT2D eigenvalue weighted by atomic mass is 9.83. The van der Waals surface area contributed by atoms with Crippen LogP contribution in [0.3, 0.4) is 0 Å². The van der Waals surface area contributed by atoms with Gasteiger partial charge < -0.3 is 14.9 Å². The first-order chi connectivity index (χ1) is 12.5. The molecule has 1 rings (SSSR count). The van der Waals surface area contributed by atoms with Crippen LogP contribution < -0.4 is 0 Å². The van der Waals surface area contributed by atoms with Crippen LogP contribution in [0.15, 0.2) is 0 Å². The van der Waals surface area contributed by atoms with Gasteiger partial charge in [0.05, 0.1) is 6.10 Å². The van der Waals surface area contributed by atoms with Crippen LogP contribution in [-0.4, -0.2) is 28.1 Å². The van der Waals surface area contributed by atoms with Gasteiger partial charge in [-0.2, -0.15) is 0 Å². The van der Waals surface area contributed by atoms with Crippen LogP contribution in [0, 0.1) is 5.92 Å². The van der Waals surface area contributed by atoms with Crippen LogP contribution in [0.5, 0.6) is 0 Å². The molecule has 0 aromatic carbocycles. The van der Waals surface area contributed by atoms with Crippen molar-refractivity contribution in [3.05, 3.63) is 0 Å². The molecule has 0 aromatic rings. The second kappa shape index (κ2) is 13.5. The lowest BCUT2D eigenvalue weighted by molar-refractivity contribution is -0.298. The molecule has 0 bridgehead atoms. The Hall–Kier alpha value is -0.610. The fourth-order valence-electron chi connectivity index (χ4n) is 3.88. The van der Waals surface area contributed by atoms with E-state index in [9.17, 15) is 15.0 Å². The van der Waals surface area contributed by atoms with Crippen LogP contribution >= 0.6 is 0 Å². The highest BCUT2D eigenvalue weighted by molar-refractivity contribution is 5.79. The molecule has 1 heterocycles. The number of carbonyl (C=O) groups is 1. The number of esters is 1. The van der Waals surface area contributed by atoms with E-state index in [2.05, 4.69) is 13.8 Å². The first-order valence-corrected chi connectivity index (χ1v) is 11.2. The van der Waals surface area contributed by atoms with Gasteiger partial charge in [-0.15, -0.1) is 0 Å². The number of hydrogen-bond donors (Lipinski definition) is 2. The van der Waals surface area contributed by atoms with Crippen molar-refractivity contribution in [1.29, 1.82) is 0 Å². The summed E-state index contributed by atoms with van der Waals surface area (Å²) in [7, 11) is 0. The molecule has 2 N–H and O–H groups in total. The molecule has 0 saturated carbocycles. The molecule has 0 amide bonds. The van der Waals surface area contributed by atoms with Gasteiger partial charge in [0.15, 0.2) is 0 Å². The van der Waals surface area contributed by atoms with Crippen LogP contribution in [0.25, 0.3) is 0 Å². The van der Waals surface area contributed by atoms with Gasteiger partial charge in [0.1, 0.15) is 5.92 Å². The molecule has 0 aliphatic carbocycles. The molecule has 0 aromatic heterocycles. The van der Waals surface area contributed by atoms with Crippen molar-refractivity contribution in [2.45, 2.75) is 128 Å². The van der Waals surface area contributed by atoms with Crippen molar-refractivity contribution in [2.75, 3.05) is 0 Å². The van der Waals surface area contributed by atoms with Crippen molar-refractivity contribution in [1.82, 2.24) is 0 Å². The predicted octanol–water partition coefficient (Wildman–Crippen LogP) is 5.49. The van der Waals surface area contributed by atoms with Crippen LogP contribution in [0.2, 0.25) is 0 Å². The highest BCUT2D eigenvalue weighted by Crippen LogP contribution is 2.40. The zero-order valence-corrected chi connectivity index (χ0v) is 17.2. The van der Waals surface area contributed by atoms with Gasteiger partial charge in [0, 0.05) is 6.42 Å². The maximum Gasteiger partial charge on any atom is 0.318 e. The summed E-state index contributed by atoms with van der Waals surface area (Å²) in [6, 6.07) is 0. The highest BCUT2D eigenvalue weighted by Gasteiger charge is 2.55. The quantitative estimate of drug-likeness (QED) is 0.262. The third kappa shape index (κ3) is 8.85. The second-order valence-electron chi connectivity index (χ2n) is 8.14. The Bertz CT molecular complexity index is 371. The molecule has 1 saturated heterocycles. The molecular weight excluding hydrogens is 328 g/mol. The van der Waals surface area contributed by atoms with Gasteiger partial charge >= 0.3 is 5.97 Å². The average molecular weight is 371 g/mol. The van der Waals surface area contributed by atoms with Gasteiger partial charge in [-0.25, -0.2) is 0 Å².